The van der Waals surface area contributed by atoms with E-state index in [-0.39, 0.29) is 24.3 Å². The summed E-state index contributed by atoms with van der Waals surface area (Å²) in [5.41, 5.74) is 1.10. The van der Waals surface area contributed by atoms with Gasteiger partial charge in [0, 0.05) is 45.5 Å². The minimum absolute atomic E-state index is 0.00732. The number of halogens is 1. The minimum atomic E-state index is -0.315. The number of carbonyl (C=O) groups excluding carboxylic acids is 1. The predicted octanol–water partition coefficient (Wildman–Crippen LogP) is 2.01. The fourth-order valence-electron chi connectivity index (χ4n) is 3.52. The normalized spacial score (nSPS) is 16.4. The Morgan fingerprint density at radius 3 is 2.80 bits per heavy atom. The van der Waals surface area contributed by atoms with Gasteiger partial charge in [0.2, 0.25) is 5.91 Å². The number of likely N-dealkylation sites (N-methyl/N-ethyl adjacent to an activating group) is 1. The number of hydrogen-bond donors (Lipinski definition) is 2. The first-order valence-electron chi connectivity index (χ1n) is 10.2. The number of benzene rings is 1. The highest BCUT2D eigenvalue weighted by Gasteiger charge is 2.26. The summed E-state index contributed by atoms with van der Waals surface area (Å²) >= 11 is 0. The molecule has 0 aliphatic carbocycles. The lowest BCUT2D eigenvalue weighted by Crippen LogP contribution is -2.48. The Morgan fingerprint density at radius 1 is 1.30 bits per heavy atom. The summed E-state index contributed by atoms with van der Waals surface area (Å²) in [7, 11) is 1.67. The van der Waals surface area contributed by atoms with E-state index in [2.05, 4.69) is 20.6 Å². The van der Waals surface area contributed by atoms with E-state index in [0.717, 1.165) is 12.0 Å². The van der Waals surface area contributed by atoms with Crippen LogP contribution < -0.4 is 15.5 Å². The van der Waals surface area contributed by atoms with Crippen molar-refractivity contribution in [3.8, 4) is 0 Å². The Bertz CT molecular complexity index is 860. The molecular weight excluding hydrogens is 383 g/mol. The van der Waals surface area contributed by atoms with Crippen molar-refractivity contribution >= 4 is 17.7 Å². The number of pyridine rings is 1. The molecule has 0 radical (unpaired) electrons. The topological polar surface area (TPSA) is 72.9 Å². The fraction of sp³-hybridized carbons (Fsp3) is 0.409. The van der Waals surface area contributed by atoms with Crippen LogP contribution in [0.3, 0.4) is 0 Å². The molecule has 1 aromatic carbocycles. The summed E-state index contributed by atoms with van der Waals surface area (Å²) < 4.78 is 14.0. The Labute approximate surface area is 177 Å². The van der Waals surface area contributed by atoms with Crippen LogP contribution in [0, 0.1) is 5.82 Å². The van der Waals surface area contributed by atoms with Gasteiger partial charge in [-0.1, -0.05) is 30.3 Å². The van der Waals surface area contributed by atoms with E-state index < -0.39 is 0 Å². The Balaban J connectivity index is 1.48. The molecule has 0 spiro atoms. The molecule has 7 nitrogen and oxygen atoms in total. The number of carbonyl (C=O) groups is 1. The van der Waals surface area contributed by atoms with Gasteiger partial charge in [0.05, 0.1) is 6.54 Å². The van der Waals surface area contributed by atoms with Crippen molar-refractivity contribution in [2.45, 2.75) is 25.9 Å². The quantitative estimate of drug-likeness (QED) is 0.538. The Morgan fingerprint density at radius 2 is 2.10 bits per heavy atom. The molecule has 1 aliphatic rings. The average Bonchev–Trinajstić information content (AvgIpc) is 3.24. The molecule has 1 amide bonds. The van der Waals surface area contributed by atoms with Crippen LogP contribution in [0.25, 0.3) is 0 Å². The van der Waals surface area contributed by atoms with Gasteiger partial charge < -0.3 is 20.4 Å². The third kappa shape index (κ3) is 5.68. The molecule has 2 aromatic rings. The highest BCUT2D eigenvalue weighted by molar-refractivity contribution is 5.86. The van der Waals surface area contributed by atoms with Crippen molar-refractivity contribution in [2.24, 2.45) is 4.99 Å². The lowest BCUT2D eigenvalue weighted by atomic mass is 10.2. The van der Waals surface area contributed by atoms with Gasteiger partial charge in [-0.25, -0.2) is 9.37 Å². The van der Waals surface area contributed by atoms with E-state index in [1.54, 1.807) is 24.2 Å². The van der Waals surface area contributed by atoms with Crippen LogP contribution in [-0.4, -0.2) is 61.0 Å². The third-order valence-electron chi connectivity index (χ3n) is 5.15. The molecular formula is C22H29FN6O. The standard InChI is InChI=1S/C22H29FN6O/c1-3-28(15-17-8-5-4-6-9-17)20(30)14-26-22(24-2)27-18-11-13-29(16-18)21-19(23)10-7-12-25-21/h4-10,12,18H,3,11,13-16H2,1-2H3,(H2,24,26,27). The van der Waals surface area contributed by atoms with Gasteiger partial charge in [-0.3, -0.25) is 9.79 Å². The molecule has 3 rings (SSSR count). The molecule has 1 aromatic heterocycles. The maximum absolute atomic E-state index is 14.0. The van der Waals surface area contributed by atoms with Gasteiger partial charge in [0.1, 0.15) is 0 Å². The molecule has 1 fully saturated rings. The van der Waals surface area contributed by atoms with E-state index in [1.165, 1.54) is 6.07 Å². The molecule has 8 heteroatoms. The molecule has 1 saturated heterocycles. The van der Waals surface area contributed by atoms with E-state index in [1.807, 2.05) is 42.2 Å². The molecule has 160 valence electrons. The minimum Gasteiger partial charge on any atom is -0.352 e. The van der Waals surface area contributed by atoms with Crippen molar-refractivity contribution < 1.29 is 9.18 Å². The maximum atomic E-state index is 14.0. The first kappa shape index (κ1) is 21.5. The Kier molecular flexibility index (Phi) is 7.59. The van der Waals surface area contributed by atoms with Crippen LogP contribution in [0.4, 0.5) is 10.2 Å². The number of anilines is 1. The van der Waals surface area contributed by atoms with Gasteiger partial charge in [0.15, 0.2) is 17.6 Å². The fourth-order valence-corrected chi connectivity index (χ4v) is 3.52. The first-order chi connectivity index (χ1) is 14.6. The van der Waals surface area contributed by atoms with Crippen molar-refractivity contribution in [1.82, 2.24) is 20.5 Å². The Hall–Kier alpha value is -3.16. The number of guanidine groups is 1. The molecule has 2 heterocycles. The van der Waals surface area contributed by atoms with Gasteiger partial charge >= 0.3 is 0 Å². The van der Waals surface area contributed by atoms with Gasteiger partial charge in [-0.2, -0.15) is 0 Å². The molecule has 0 saturated carbocycles. The molecule has 2 N–H and O–H groups in total. The van der Waals surface area contributed by atoms with Crippen molar-refractivity contribution in [1.29, 1.82) is 0 Å². The monoisotopic (exact) mass is 412 g/mol. The lowest BCUT2D eigenvalue weighted by molar-refractivity contribution is -0.130. The number of amides is 1. The second-order valence-corrected chi connectivity index (χ2v) is 7.20. The van der Waals surface area contributed by atoms with Gasteiger partial charge in [0.25, 0.3) is 0 Å². The van der Waals surface area contributed by atoms with Crippen molar-refractivity contribution in [3.05, 3.63) is 60.0 Å². The van der Waals surface area contributed by atoms with Crippen LogP contribution in [0.1, 0.15) is 18.9 Å². The maximum Gasteiger partial charge on any atom is 0.242 e. The summed E-state index contributed by atoms with van der Waals surface area (Å²) in [6, 6.07) is 13.0. The highest BCUT2D eigenvalue weighted by atomic mass is 19.1. The molecule has 30 heavy (non-hydrogen) atoms. The van der Waals surface area contributed by atoms with Crippen LogP contribution in [0.5, 0.6) is 0 Å². The number of hydrogen-bond acceptors (Lipinski definition) is 4. The SMILES string of the molecule is CCN(Cc1ccccc1)C(=O)CNC(=NC)NC1CCN(c2ncccc2F)C1. The summed E-state index contributed by atoms with van der Waals surface area (Å²) in [5.74, 6) is 0.629. The number of aliphatic imine (C=N–C) groups is 1. The van der Waals surface area contributed by atoms with E-state index in [4.69, 9.17) is 0 Å². The van der Waals surface area contributed by atoms with Crippen molar-refractivity contribution in [3.63, 3.8) is 0 Å². The zero-order valence-electron chi connectivity index (χ0n) is 17.5. The smallest absolute Gasteiger partial charge is 0.242 e. The average molecular weight is 413 g/mol. The second-order valence-electron chi connectivity index (χ2n) is 7.20. The lowest BCUT2D eigenvalue weighted by Gasteiger charge is -2.23. The van der Waals surface area contributed by atoms with Crippen molar-refractivity contribution in [2.75, 3.05) is 38.1 Å². The number of rotatable bonds is 7. The first-order valence-corrected chi connectivity index (χ1v) is 10.2. The van der Waals surface area contributed by atoms with E-state index in [0.29, 0.717) is 38.0 Å². The summed E-state index contributed by atoms with van der Waals surface area (Å²) in [5, 5.41) is 6.43. The molecule has 1 unspecified atom stereocenters. The predicted molar refractivity (Wildman–Crippen MR) is 117 cm³/mol. The number of nitrogens with zero attached hydrogens (tertiary/aromatic N) is 4. The van der Waals surface area contributed by atoms with Crippen LogP contribution in [-0.2, 0) is 11.3 Å². The number of aromatic nitrogens is 1. The van der Waals surface area contributed by atoms with Gasteiger partial charge in [-0.15, -0.1) is 0 Å². The zero-order valence-corrected chi connectivity index (χ0v) is 17.5. The summed E-state index contributed by atoms with van der Waals surface area (Å²) in [6.45, 7) is 4.68. The van der Waals surface area contributed by atoms with E-state index >= 15 is 0 Å². The van der Waals surface area contributed by atoms with Crippen LogP contribution >= 0.6 is 0 Å². The summed E-state index contributed by atoms with van der Waals surface area (Å²) in [6.07, 6.45) is 2.43. The zero-order chi connectivity index (χ0) is 21.3. The molecule has 0 bridgehead atoms. The molecule has 1 aliphatic heterocycles. The van der Waals surface area contributed by atoms with Gasteiger partial charge in [-0.05, 0) is 31.0 Å². The second kappa shape index (κ2) is 10.6. The summed E-state index contributed by atoms with van der Waals surface area (Å²) in [4.78, 5) is 24.7. The third-order valence-corrected chi connectivity index (χ3v) is 5.15. The molecule has 1 atom stereocenters. The number of nitrogens with one attached hydrogen (secondary N) is 2. The largest absolute Gasteiger partial charge is 0.352 e. The highest BCUT2D eigenvalue weighted by Crippen LogP contribution is 2.20. The van der Waals surface area contributed by atoms with E-state index in [9.17, 15) is 9.18 Å². The van der Waals surface area contributed by atoms with Crippen LogP contribution in [0.15, 0.2) is 53.7 Å². The van der Waals surface area contributed by atoms with Crippen LogP contribution in [0.2, 0.25) is 0 Å².